The van der Waals surface area contributed by atoms with E-state index < -0.39 is 35.9 Å². The highest BCUT2D eigenvalue weighted by atomic mass is 19.1. The van der Waals surface area contributed by atoms with Gasteiger partial charge in [0.2, 0.25) is 5.91 Å². The zero-order valence-electron chi connectivity index (χ0n) is 22.7. The number of aromatic nitrogens is 3. The van der Waals surface area contributed by atoms with Gasteiger partial charge in [-0.1, -0.05) is 0 Å². The Labute approximate surface area is 234 Å². The van der Waals surface area contributed by atoms with Crippen molar-refractivity contribution in [2.24, 2.45) is 0 Å². The summed E-state index contributed by atoms with van der Waals surface area (Å²) in [5.74, 6) is -1.60. The summed E-state index contributed by atoms with van der Waals surface area (Å²) < 4.78 is 26.7. The number of halogens is 1. The van der Waals surface area contributed by atoms with Crippen LogP contribution >= 0.6 is 0 Å². The van der Waals surface area contributed by atoms with Crippen LogP contribution in [0.4, 0.5) is 20.6 Å². The van der Waals surface area contributed by atoms with E-state index in [-0.39, 0.29) is 24.6 Å². The second-order valence-electron chi connectivity index (χ2n) is 9.84. The van der Waals surface area contributed by atoms with Gasteiger partial charge in [0.1, 0.15) is 23.7 Å². The second kappa shape index (κ2) is 11.8. The fourth-order valence-corrected chi connectivity index (χ4v) is 4.91. The Hall–Kier alpha value is -4.75. The highest BCUT2D eigenvalue weighted by Gasteiger charge is 2.33. The molecule has 2 saturated heterocycles. The van der Waals surface area contributed by atoms with Gasteiger partial charge >= 0.3 is 12.1 Å². The van der Waals surface area contributed by atoms with Gasteiger partial charge in [-0.05, 0) is 31.5 Å². The monoisotopic (exact) mass is 567 g/mol. The molecule has 0 unspecified atom stereocenters. The predicted molar refractivity (Wildman–Crippen MR) is 144 cm³/mol. The predicted octanol–water partition coefficient (Wildman–Crippen LogP) is 1.61. The van der Waals surface area contributed by atoms with E-state index in [1.807, 2.05) is 4.90 Å². The number of nitrogens with one attached hydrogen (secondary N) is 1. The molecule has 3 aromatic rings. The smallest absolute Gasteiger partial charge is 0.414 e. The van der Waals surface area contributed by atoms with E-state index in [0.717, 1.165) is 0 Å². The summed E-state index contributed by atoms with van der Waals surface area (Å²) in [4.78, 5) is 62.3. The summed E-state index contributed by atoms with van der Waals surface area (Å²) in [5, 5.41) is 2.70. The lowest BCUT2D eigenvalue weighted by Gasteiger charge is -2.37. The zero-order chi connectivity index (χ0) is 29.1. The van der Waals surface area contributed by atoms with Gasteiger partial charge in [-0.15, -0.1) is 0 Å². The molecule has 2 fully saturated rings. The molecule has 1 N–H and O–H groups in total. The van der Waals surface area contributed by atoms with Gasteiger partial charge < -0.3 is 29.0 Å². The number of fused-ring (bicyclic) bond motifs is 1. The number of amides is 3. The molecule has 0 bridgehead atoms. The number of cyclic esters (lactones) is 1. The summed E-state index contributed by atoms with van der Waals surface area (Å²) >= 11 is 0. The summed E-state index contributed by atoms with van der Waals surface area (Å²) in [7, 11) is 1.29. The Bertz CT molecular complexity index is 1440. The normalized spacial score (nSPS) is 17.9. The largest absolute Gasteiger partial charge is 0.469 e. The molecular weight excluding hydrogens is 537 g/mol. The third kappa shape index (κ3) is 6.05. The van der Waals surface area contributed by atoms with Gasteiger partial charge in [0.05, 0.1) is 31.2 Å². The Balaban J connectivity index is 1.14. The van der Waals surface area contributed by atoms with Crippen molar-refractivity contribution in [2.45, 2.75) is 31.9 Å². The van der Waals surface area contributed by atoms with Crippen LogP contribution in [0.2, 0.25) is 0 Å². The molecule has 5 rings (SSSR count). The molecule has 2 aromatic heterocycles. The maximum absolute atomic E-state index is 15.2. The second-order valence-corrected chi connectivity index (χ2v) is 9.84. The van der Waals surface area contributed by atoms with Crippen molar-refractivity contribution in [1.29, 1.82) is 0 Å². The summed E-state index contributed by atoms with van der Waals surface area (Å²) in [6, 6.07) is 3.76. The SMILES string of the molecule is COC(=O)CC[C@H]1CN(c2ccc(N3CCN(C(=O)[C@H](C)NC(=O)c4cn5ccncc5n4)CC3)c(F)c2)C(=O)O1. The van der Waals surface area contributed by atoms with Crippen molar-refractivity contribution in [1.82, 2.24) is 24.6 Å². The molecule has 0 spiro atoms. The molecular formula is C27H30FN7O6. The summed E-state index contributed by atoms with van der Waals surface area (Å²) in [5.41, 5.74) is 1.42. The van der Waals surface area contributed by atoms with Gasteiger partial charge in [0, 0.05) is 51.2 Å². The van der Waals surface area contributed by atoms with Crippen molar-refractivity contribution < 1.29 is 33.0 Å². The molecule has 2 aliphatic heterocycles. The molecule has 2 atom stereocenters. The third-order valence-electron chi connectivity index (χ3n) is 7.16. The summed E-state index contributed by atoms with van der Waals surface area (Å²) in [6.45, 7) is 3.30. The zero-order valence-corrected chi connectivity index (χ0v) is 22.7. The lowest BCUT2D eigenvalue weighted by atomic mass is 10.1. The number of ether oxygens (including phenoxy) is 2. The van der Waals surface area contributed by atoms with Gasteiger partial charge in [0.25, 0.3) is 5.91 Å². The van der Waals surface area contributed by atoms with Crippen molar-refractivity contribution >= 4 is 40.9 Å². The Morgan fingerprint density at radius 3 is 2.71 bits per heavy atom. The highest BCUT2D eigenvalue weighted by molar-refractivity contribution is 5.96. The number of methoxy groups -OCH3 is 1. The first-order chi connectivity index (χ1) is 19.7. The number of piperazine rings is 1. The van der Waals surface area contributed by atoms with E-state index in [0.29, 0.717) is 49.6 Å². The molecule has 41 heavy (non-hydrogen) atoms. The van der Waals surface area contributed by atoms with Crippen LogP contribution in [-0.4, -0.2) is 95.1 Å². The number of carbonyl (C=O) groups excluding carboxylic acids is 4. The van der Waals surface area contributed by atoms with E-state index in [1.165, 1.54) is 24.3 Å². The van der Waals surface area contributed by atoms with Gasteiger partial charge in [-0.3, -0.25) is 24.3 Å². The maximum Gasteiger partial charge on any atom is 0.414 e. The Morgan fingerprint density at radius 1 is 1.22 bits per heavy atom. The molecule has 2 aliphatic rings. The number of benzene rings is 1. The van der Waals surface area contributed by atoms with Crippen LogP contribution in [0.15, 0.2) is 43.0 Å². The lowest BCUT2D eigenvalue weighted by Crippen LogP contribution is -2.54. The van der Waals surface area contributed by atoms with Crippen molar-refractivity contribution in [2.75, 3.05) is 49.6 Å². The van der Waals surface area contributed by atoms with E-state index in [2.05, 4.69) is 20.0 Å². The maximum atomic E-state index is 15.2. The van der Waals surface area contributed by atoms with Crippen LogP contribution in [-0.2, 0) is 19.1 Å². The van der Waals surface area contributed by atoms with E-state index >= 15 is 4.39 Å². The van der Waals surface area contributed by atoms with E-state index in [4.69, 9.17) is 4.74 Å². The number of hydrogen-bond acceptors (Lipinski definition) is 9. The third-order valence-corrected chi connectivity index (χ3v) is 7.16. The standard InChI is InChI=1S/C27H30FN7O6/c1-17(30-25(37)21-16-34-8-7-29-14-23(34)31-21)26(38)33-11-9-32(10-12-33)22-5-3-18(13-20(22)28)35-15-19(41-27(35)39)4-6-24(36)40-2/h3,5,7-8,13-14,16-17,19H,4,6,9-12,15H2,1-2H3,(H,30,37)/t17-,19-/m0/s1. The average Bonchev–Trinajstić information content (AvgIpc) is 3.59. The fourth-order valence-electron chi connectivity index (χ4n) is 4.91. The number of rotatable bonds is 8. The van der Waals surface area contributed by atoms with Gasteiger partial charge in [0.15, 0.2) is 5.65 Å². The topological polar surface area (TPSA) is 139 Å². The number of carbonyl (C=O) groups is 4. The van der Waals surface area contributed by atoms with Gasteiger partial charge in [-0.25, -0.2) is 14.2 Å². The molecule has 0 saturated carbocycles. The van der Waals surface area contributed by atoms with Crippen LogP contribution < -0.4 is 15.1 Å². The van der Waals surface area contributed by atoms with Crippen LogP contribution in [0.25, 0.3) is 5.65 Å². The van der Waals surface area contributed by atoms with Crippen LogP contribution in [0.3, 0.4) is 0 Å². The number of imidazole rings is 1. The minimum Gasteiger partial charge on any atom is -0.469 e. The van der Waals surface area contributed by atoms with Crippen LogP contribution in [0.5, 0.6) is 0 Å². The first-order valence-electron chi connectivity index (χ1n) is 13.2. The quantitative estimate of drug-likeness (QED) is 0.402. The molecule has 0 radical (unpaired) electrons. The van der Waals surface area contributed by atoms with Crippen LogP contribution in [0, 0.1) is 5.82 Å². The Kier molecular flexibility index (Phi) is 7.99. The number of esters is 1. The number of hydrogen-bond donors (Lipinski definition) is 1. The minimum atomic E-state index is -0.773. The van der Waals surface area contributed by atoms with Gasteiger partial charge in [-0.2, -0.15) is 0 Å². The van der Waals surface area contributed by atoms with E-state index in [1.54, 1.807) is 46.9 Å². The summed E-state index contributed by atoms with van der Waals surface area (Å²) in [6.07, 6.45) is 5.71. The number of anilines is 2. The first kappa shape index (κ1) is 27.8. The molecule has 13 nitrogen and oxygen atoms in total. The first-order valence-corrected chi connectivity index (χ1v) is 13.2. The van der Waals surface area contributed by atoms with Crippen molar-refractivity contribution in [3.8, 4) is 0 Å². The number of nitrogens with zero attached hydrogens (tertiary/aromatic N) is 6. The molecule has 216 valence electrons. The molecule has 3 amide bonds. The van der Waals surface area contributed by atoms with Crippen molar-refractivity contribution in [3.05, 3.63) is 54.5 Å². The Morgan fingerprint density at radius 2 is 2.00 bits per heavy atom. The van der Waals surface area contributed by atoms with E-state index in [9.17, 15) is 19.2 Å². The molecule has 4 heterocycles. The highest BCUT2D eigenvalue weighted by Crippen LogP contribution is 2.29. The molecule has 0 aliphatic carbocycles. The minimum absolute atomic E-state index is 0.120. The van der Waals surface area contributed by atoms with Crippen molar-refractivity contribution in [3.63, 3.8) is 0 Å². The fraction of sp³-hybridized carbons (Fsp3) is 0.407. The van der Waals surface area contributed by atoms with Crippen LogP contribution in [0.1, 0.15) is 30.3 Å². The average molecular weight is 568 g/mol. The molecule has 1 aromatic carbocycles. The lowest BCUT2D eigenvalue weighted by molar-refractivity contribution is -0.141. The molecule has 14 heteroatoms.